The minimum absolute atomic E-state index is 0.0727. The molecule has 4 rings (SSSR count). The number of piperidine rings is 1. The Labute approximate surface area is 144 Å². The monoisotopic (exact) mass is 343 g/mol. The molecule has 2 amide bonds. The summed E-state index contributed by atoms with van der Waals surface area (Å²) in [6, 6.07) is 0.0363. The zero-order valence-corrected chi connectivity index (χ0v) is 14.1. The normalized spacial score (nSPS) is 22.7. The molecule has 0 saturated carbocycles. The van der Waals surface area contributed by atoms with Gasteiger partial charge in [-0.1, -0.05) is 0 Å². The molecule has 9 nitrogen and oxygen atoms in total. The first-order valence-corrected chi connectivity index (χ1v) is 8.66. The SMILES string of the molecule is C[C@@H]1CC[C@@H](NC(=O)c2cnn3c2CCC3)CN1C(=O)c1cn[nH]n1. The molecule has 2 N–H and O–H groups in total. The Morgan fingerprint density at radius 1 is 1.32 bits per heavy atom. The number of amides is 2. The van der Waals surface area contributed by atoms with Crippen LogP contribution in [0.2, 0.25) is 0 Å². The first-order chi connectivity index (χ1) is 12.1. The van der Waals surface area contributed by atoms with Crippen molar-refractivity contribution in [1.82, 2.24) is 35.4 Å². The zero-order chi connectivity index (χ0) is 17.4. The number of nitrogens with one attached hydrogen (secondary N) is 2. The smallest absolute Gasteiger partial charge is 0.276 e. The molecule has 1 fully saturated rings. The van der Waals surface area contributed by atoms with Crippen LogP contribution >= 0.6 is 0 Å². The quantitative estimate of drug-likeness (QED) is 0.837. The first kappa shape index (κ1) is 15.8. The predicted octanol–water partition coefficient (Wildman–Crippen LogP) is 0.370. The van der Waals surface area contributed by atoms with Crippen LogP contribution in [-0.2, 0) is 13.0 Å². The van der Waals surface area contributed by atoms with Crippen LogP contribution in [0.25, 0.3) is 0 Å². The maximum Gasteiger partial charge on any atom is 0.276 e. The van der Waals surface area contributed by atoms with E-state index in [1.807, 2.05) is 11.6 Å². The highest BCUT2D eigenvalue weighted by atomic mass is 16.2. The van der Waals surface area contributed by atoms with Crippen molar-refractivity contribution >= 4 is 11.8 Å². The molecule has 0 aliphatic carbocycles. The van der Waals surface area contributed by atoms with E-state index in [-0.39, 0.29) is 23.9 Å². The summed E-state index contributed by atoms with van der Waals surface area (Å²) in [5.41, 5.74) is 1.97. The van der Waals surface area contributed by atoms with Gasteiger partial charge in [0.1, 0.15) is 0 Å². The number of nitrogens with zero attached hydrogens (tertiary/aromatic N) is 5. The van der Waals surface area contributed by atoms with Crippen LogP contribution in [0, 0.1) is 0 Å². The largest absolute Gasteiger partial charge is 0.347 e. The molecule has 2 aliphatic rings. The Morgan fingerprint density at radius 3 is 3.00 bits per heavy atom. The minimum Gasteiger partial charge on any atom is -0.347 e. The van der Waals surface area contributed by atoms with Gasteiger partial charge in [-0.2, -0.15) is 20.5 Å². The summed E-state index contributed by atoms with van der Waals surface area (Å²) in [4.78, 5) is 26.9. The summed E-state index contributed by atoms with van der Waals surface area (Å²) >= 11 is 0. The lowest BCUT2D eigenvalue weighted by molar-refractivity contribution is 0.0570. The van der Waals surface area contributed by atoms with Crippen LogP contribution in [0.4, 0.5) is 0 Å². The molecule has 0 aromatic carbocycles. The average Bonchev–Trinajstić information content (AvgIpc) is 3.33. The fourth-order valence-corrected chi connectivity index (χ4v) is 3.68. The van der Waals surface area contributed by atoms with Gasteiger partial charge in [-0.25, -0.2) is 0 Å². The van der Waals surface area contributed by atoms with E-state index in [1.165, 1.54) is 6.20 Å². The van der Waals surface area contributed by atoms with E-state index in [0.717, 1.165) is 37.9 Å². The van der Waals surface area contributed by atoms with Gasteiger partial charge in [0.25, 0.3) is 11.8 Å². The summed E-state index contributed by atoms with van der Waals surface area (Å²) in [7, 11) is 0. The Morgan fingerprint density at radius 2 is 2.20 bits per heavy atom. The molecule has 1 saturated heterocycles. The molecule has 0 radical (unpaired) electrons. The standard InChI is InChI=1S/C16H21N7O2/c1-10-4-5-11(9-22(10)16(25)13-8-17-21-20-13)19-15(24)12-7-18-23-6-2-3-14(12)23/h7-8,10-11H,2-6,9H2,1H3,(H,19,24)(H,17,20,21)/t10-,11-/m1/s1. The van der Waals surface area contributed by atoms with E-state index in [4.69, 9.17) is 0 Å². The molecule has 25 heavy (non-hydrogen) atoms. The van der Waals surface area contributed by atoms with E-state index in [2.05, 4.69) is 25.8 Å². The highest BCUT2D eigenvalue weighted by Gasteiger charge is 2.32. The van der Waals surface area contributed by atoms with Crippen molar-refractivity contribution in [3.63, 3.8) is 0 Å². The van der Waals surface area contributed by atoms with Gasteiger partial charge in [-0.15, -0.1) is 0 Å². The van der Waals surface area contributed by atoms with Crippen molar-refractivity contribution in [1.29, 1.82) is 0 Å². The molecule has 4 heterocycles. The third-order valence-electron chi connectivity index (χ3n) is 5.09. The highest BCUT2D eigenvalue weighted by molar-refractivity contribution is 5.95. The summed E-state index contributed by atoms with van der Waals surface area (Å²) in [5.74, 6) is -0.261. The van der Waals surface area contributed by atoms with E-state index in [0.29, 0.717) is 17.8 Å². The number of hydrogen-bond donors (Lipinski definition) is 2. The third-order valence-corrected chi connectivity index (χ3v) is 5.09. The van der Waals surface area contributed by atoms with Crippen molar-refractivity contribution in [2.45, 2.75) is 51.2 Å². The lowest BCUT2D eigenvalue weighted by Crippen LogP contribution is -2.53. The molecule has 2 atom stereocenters. The van der Waals surface area contributed by atoms with Crippen molar-refractivity contribution in [2.75, 3.05) is 6.54 Å². The number of carbonyl (C=O) groups excluding carboxylic acids is 2. The third kappa shape index (κ3) is 2.90. The molecule has 0 unspecified atom stereocenters. The second-order valence-electron chi connectivity index (χ2n) is 6.74. The molecular weight excluding hydrogens is 322 g/mol. The molecule has 9 heteroatoms. The van der Waals surface area contributed by atoms with Crippen LogP contribution < -0.4 is 5.32 Å². The average molecular weight is 343 g/mol. The van der Waals surface area contributed by atoms with E-state index < -0.39 is 0 Å². The predicted molar refractivity (Wildman–Crippen MR) is 87.9 cm³/mol. The summed E-state index contributed by atoms with van der Waals surface area (Å²) in [6.07, 6.45) is 6.67. The lowest BCUT2D eigenvalue weighted by atomic mass is 9.98. The van der Waals surface area contributed by atoms with Crippen molar-refractivity contribution in [3.05, 3.63) is 29.3 Å². The summed E-state index contributed by atoms with van der Waals surface area (Å²) in [5, 5.41) is 17.4. The first-order valence-electron chi connectivity index (χ1n) is 8.66. The molecule has 132 valence electrons. The Hall–Kier alpha value is -2.71. The second kappa shape index (κ2) is 6.30. The number of rotatable bonds is 3. The number of fused-ring (bicyclic) bond motifs is 1. The fourth-order valence-electron chi connectivity index (χ4n) is 3.68. The topological polar surface area (TPSA) is 109 Å². The van der Waals surface area contributed by atoms with Gasteiger partial charge in [-0.3, -0.25) is 14.3 Å². The number of aromatic nitrogens is 5. The number of aromatic amines is 1. The zero-order valence-electron chi connectivity index (χ0n) is 14.1. The number of carbonyl (C=O) groups is 2. The maximum absolute atomic E-state index is 12.6. The van der Waals surface area contributed by atoms with Crippen LogP contribution in [0.3, 0.4) is 0 Å². The number of hydrogen-bond acceptors (Lipinski definition) is 5. The van der Waals surface area contributed by atoms with Gasteiger partial charge in [0.2, 0.25) is 0 Å². The number of H-pyrrole nitrogens is 1. The fraction of sp³-hybridized carbons (Fsp3) is 0.562. The number of likely N-dealkylation sites (tertiary alicyclic amines) is 1. The van der Waals surface area contributed by atoms with Crippen molar-refractivity contribution < 1.29 is 9.59 Å². The summed E-state index contributed by atoms with van der Waals surface area (Å²) < 4.78 is 1.90. The van der Waals surface area contributed by atoms with Gasteiger partial charge in [0.15, 0.2) is 5.69 Å². The van der Waals surface area contributed by atoms with Crippen LogP contribution in [-0.4, -0.2) is 60.5 Å². The Balaban J connectivity index is 1.44. The van der Waals surface area contributed by atoms with Gasteiger partial charge in [0.05, 0.1) is 23.7 Å². The minimum atomic E-state index is -0.161. The van der Waals surface area contributed by atoms with Crippen molar-refractivity contribution in [2.24, 2.45) is 0 Å². The second-order valence-corrected chi connectivity index (χ2v) is 6.74. The lowest BCUT2D eigenvalue weighted by Gasteiger charge is -2.37. The van der Waals surface area contributed by atoms with E-state index in [1.54, 1.807) is 11.1 Å². The van der Waals surface area contributed by atoms with Gasteiger partial charge >= 0.3 is 0 Å². The van der Waals surface area contributed by atoms with Crippen LogP contribution in [0.5, 0.6) is 0 Å². The van der Waals surface area contributed by atoms with Crippen LogP contribution in [0.15, 0.2) is 12.4 Å². The maximum atomic E-state index is 12.6. The van der Waals surface area contributed by atoms with E-state index in [9.17, 15) is 9.59 Å². The van der Waals surface area contributed by atoms with Gasteiger partial charge < -0.3 is 10.2 Å². The molecule has 2 aromatic heterocycles. The Kier molecular flexibility index (Phi) is 3.98. The van der Waals surface area contributed by atoms with Gasteiger partial charge in [-0.05, 0) is 32.6 Å². The van der Waals surface area contributed by atoms with E-state index >= 15 is 0 Å². The number of aryl methyl sites for hydroxylation is 1. The van der Waals surface area contributed by atoms with Crippen LogP contribution in [0.1, 0.15) is 52.7 Å². The Bertz CT molecular complexity index is 783. The molecular formula is C16H21N7O2. The highest BCUT2D eigenvalue weighted by Crippen LogP contribution is 2.21. The van der Waals surface area contributed by atoms with Gasteiger partial charge in [0, 0.05) is 25.2 Å². The summed E-state index contributed by atoms with van der Waals surface area (Å²) in [6.45, 7) is 3.37. The molecule has 2 aromatic rings. The van der Waals surface area contributed by atoms with Crippen molar-refractivity contribution in [3.8, 4) is 0 Å². The molecule has 2 aliphatic heterocycles. The molecule has 0 bridgehead atoms. The molecule has 0 spiro atoms.